The molecule has 6 heteroatoms. The standard InChI is InChI=1S/C11H20NO4P/c12-10(11(13)14)7-9-4-2-1-3-8(9)5-6-17(15)16/h8-10H,1-7,12H2,(H,13,14). The van der Waals surface area contributed by atoms with Crippen LogP contribution in [0.3, 0.4) is 0 Å². The fraction of sp³-hybridized carbons (Fsp3) is 0.909. The van der Waals surface area contributed by atoms with Crippen LogP contribution >= 0.6 is 8.03 Å². The van der Waals surface area contributed by atoms with E-state index in [0.29, 0.717) is 18.8 Å². The summed E-state index contributed by atoms with van der Waals surface area (Å²) in [6, 6.07) is -0.818. The van der Waals surface area contributed by atoms with Crippen molar-refractivity contribution in [3.8, 4) is 0 Å². The molecule has 4 unspecified atom stereocenters. The first-order valence-electron chi connectivity index (χ1n) is 6.11. The Morgan fingerprint density at radius 3 is 2.53 bits per heavy atom. The average molecular weight is 261 g/mol. The Bertz CT molecular complexity index is 285. The smallest absolute Gasteiger partial charge is 0.320 e. The maximum absolute atomic E-state index is 10.7. The topological polar surface area (TPSA) is 103 Å². The minimum absolute atomic E-state index is 0.207. The number of hydrogen-bond donors (Lipinski definition) is 2. The van der Waals surface area contributed by atoms with Crippen LogP contribution in [0, 0.1) is 11.8 Å². The van der Waals surface area contributed by atoms with Gasteiger partial charge >= 0.3 is 14.0 Å². The quantitative estimate of drug-likeness (QED) is 0.696. The third-order valence-electron chi connectivity index (χ3n) is 3.62. The normalized spacial score (nSPS) is 27.5. The Hall–Kier alpha value is -0.510. The van der Waals surface area contributed by atoms with Crippen molar-refractivity contribution in [3.63, 3.8) is 0 Å². The molecule has 0 amide bonds. The fourth-order valence-electron chi connectivity index (χ4n) is 2.67. The number of hydrogen-bond acceptors (Lipinski definition) is 4. The van der Waals surface area contributed by atoms with Gasteiger partial charge in [0.2, 0.25) is 0 Å². The van der Waals surface area contributed by atoms with Gasteiger partial charge in [-0.2, -0.15) is 0 Å². The summed E-state index contributed by atoms with van der Waals surface area (Å²) < 4.78 is 10.6. The van der Waals surface area contributed by atoms with Crippen LogP contribution in [0.5, 0.6) is 0 Å². The van der Waals surface area contributed by atoms with Crippen LogP contribution in [0.15, 0.2) is 0 Å². The molecular weight excluding hydrogens is 241 g/mol. The molecule has 0 aromatic rings. The van der Waals surface area contributed by atoms with Gasteiger partial charge in [0.1, 0.15) is 12.2 Å². The van der Waals surface area contributed by atoms with Gasteiger partial charge in [-0.05, 0) is 24.7 Å². The molecule has 0 radical (unpaired) electrons. The Morgan fingerprint density at radius 1 is 1.41 bits per heavy atom. The molecule has 0 saturated heterocycles. The predicted octanol–water partition coefficient (Wildman–Crippen LogP) is 1.09. The third kappa shape index (κ3) is 5.11. The van der Waals surface area contributed by atoms with Crippen LogP contribution in [0.4, 0.5) is 0 Å². The third-order valence-corrected chi connectivity index (χ3v) is 4.25. The van der Waals surface area contributed by atoms with Crippen molar-refractivity contribution in [3.05, 3.63) is 0 Å². The molecule has 0 aromatic carbocycles. The van der Waals surface area contributed by atoms with Crippen LogP contribution in [-0.2, 0) is 9.36 Å². The first kappa shape index (κ1) is 14.6. The highest BCUT2D eigenvalue weighted by Gasteiger charge is 2.29. The van der Waals surface area contributed by atoms with E-state index < -0.39 is 20.0 Å². The van der Waals surface area contributed by atoms with Crippen molar-refractivity contribution in [1.29, 1.82) is 0 Å². The molecule has 0 aliphatic heterocycles. The van der Waals surface area contributed by atoms with E-state index in [2.05, 4.69) is 0 Å². The van der Waals surface area contributed by atoms with Crippen LogP contribution in [0.1, 0.15) is 38.5 Å². The Balaban J connectivity index is 2.47. The SMILES string of the molecule is NC(CC1CCCCC1CC[P+](=O)[O-])C(=O)O. The molecule has 0 heterocycles. The van der Waals surface area contributed by atoms with E-state index in [9.17, 15) is 14.3 Å². The lowest BCUT2D eigenvalue weighted by Crippen LogP contribution is -2.35. The Labute approximate surface area is 102 Å². The van der Waals surface area contributed by atoms with Crippen molar-refractivity contribution in [1.82, 2.24) is 0 Å². The highest BCUT2D eigenvalue weighted by molar-refractivity contribution is 7.36. The second-order valence-electron chi connectivity index (χ2n) is 4.83. The van der Waals surface area contributed by atoms with Gasteiger partial charge in [0.25, 0.3) is 0 Å². The number of nitrogens with two attached hydrogens (primary N) is 1. The van der Waals surface area contributed by atoms with Crippen LogP contribution in [-0.4, -0.2) is 23.3 Å². The van der Waals surface area contributed by atoms with Crippen molar-refractivity contribution in [2.45, 2.75) is 44.6 Å². The molecular formula is C11H20NO4P. The van der Waals surface area contributed by atoms with Crippen molar-refractivity contribution in [2.24, 2.45) is 17.6 Å². The molecule has 5 nitrogen and oxygen atoms in total. The zero-order valence-electron chi connectivity index (χ0n) is 9.88. The number of carboxylic acid groups (broad SMARTS) is 1. The summed E-state index contributed by atoms with van der Waals surface area (Å²) in [6.45, 7) is 0. The minimum atomic E-state index is -2.32. The largest absolute Gasteiger partial charge is 0.596 e. The second kappa shape index (κ2) is 7.04. The van der Waals surface area contributed by atoms with Gasteiger partial charge in [0.05, 0.1) is 0 Å². The van der Waals surface area contributed by atoms with Gasteiger partial charge < -0.3 is 15.7 Å². The van der Waals surface area contributed by atoms with E-state index in [1.807, 2.05) is 0 Å². The highest BCUT2D eigenvalue weighted by Crippen LogP contribution is 2.36. The summed E-state index contributed by atoms with van der Waals surface area (Å²) in [6.07, 6.45) is 5.50. The molecule has 0 bridgehead atoms. The molecule has 17 heavy (non-hydrogen) atoms. The molecule has 0 aromatic heterocycles. The minimum Gasteiger partial charge on any atom is -0.596 e. The van der Waals surface area contributed by atoms with Gasteiger partial charge in [-0.1, -0.05) is 30.2 Å². The summed E-state index contributed by atoms with van der Waals surface area (Å²) in [5.74, 6) is -0.379. The molecule has 3 N–H and O–H groups in total. The maximum Gasteiger partial charge on any atom is 0.320 e. The molecule has 1 aliphatic rings. The average Bonchev–Trinajstić information content (AvgIpc) is 2.27. The second-order valence-corrected chi connectivity index (χ2v) is 5.94. The van der Waals surface area contributed by atoms with E-state index in [4.69, 9.17) is 10.8 Å². The maximum atomic E-state index is 10.7. The lowest BCUT2D eigenvalue weighted by Gasteiger charge is -2.31. The summed E-state index contributed by atoms with van der Waals surface area (Å²) in [7, 11) is -2.32. The van der Waals surface area contributed by atoms with Gasteiger partial charge in [-0.15, -0.1) is 0 Å². The molecule has 4 atom stereocenters. The summed E-state index contributed by atoms with van der Waals surface area (Å²) in [5, 5.41) is 8.80. The van der Waals surface area contributed by atoms with E-state index >= 15 is 0 Å². The number of aliphatic carboxylic acids is 1. The van der Waals surface area contributed by atoms with Gasteiger partial charge in [0.15, 0.2) is 0 Å². The molecule has 1 fully saturated rings. The molecule has 1 rings (SSSR count). The number of rotatable bonds is 6. The molecule has 1 saturated carbocycles. The first-order valence-corrected chi connectivity index (χ1v) is 7.47. The van der Waals surface area contributed by atoms with E-state index in [-0.39, 0.29) is 12.1 Å². The number of carbonyl (C=O) groups is 1. The molecule has 0 spiro atoms. The molecule has 98 valence electrons. The van der Waals surface area contributed by atoms with E-state index in [1.54, 1.807) is 0 Å². The van der Waals surface area contributed by atoms with Crippen LogP contribution < -0.4 is 10.6 Å². The summed E-state index contributed by atoms with van der Waals surface area (Å²) in [4.78, 5) is 21.3. The predicted molar refractivity (Wildman–Crippen MR) is 62.8 cm³/mol. The van der Waals surface area contributed by atoms with E-state index in [1.165, 1.54) is 0 Å². The Morgan fingerprint density at radius 2 is 2.00 bits per heavy atom. The van der Waals surface area contributed by atoms with Crippen LogP contribution in [0.2, 0.25) is 0 Å². The van der Waals surface area contributed by atoms with Gasteiger partial charge in [-0.3, -0.25) is 4.79 Å². The summed E-state index contributed by atoms with van der Waals surface area (Å²) in [5.41, 5.74) is 5.55. The zero-order valence-corrected chi connectivity index (χ0v) is 10.8. The van der Waals surface area contributed by atoms with Gasteiger partial charge in [0, 0.05) is 0 Å². The highest BCUT2D eigenvalue weighted by atomic mass is 31.1. The van der Waals surface area contributed by atoms with Crippen LogP contribution in [0.25, 0.3) is 0 Å². The molecule has 1 aliphatic carbocycles. The monoisotopic (exact) mass is 261 g/mol. The van der Waals surface area contributed by atoms with Crippen molar-refractivity contribution >= 4 is 14.0 Å². The van der Waals surface area contributed by atoms with Gasteiger partial charge in [-0.25, -0.2) is 0 Å². The first-order chi connectivity index (χ1) is 8.00. The lowest BCUT2D eigenvalue weighted by atomic mass is 9.75. The zero-order chi connectivity index (χ0) is 12.8. The Kier molecular flexibility index (Phi) is 6.03. The lowest BCUT2D eigenvalue weighted by molar-refractivity contribution is -0.164. The van der Waals surface area contributed by atoms with Crippen molar-refractivity contribution in [2.75, 3.05) is 6.16 Å². The van der Waals surface area contributed by atoms with E-state index in [0.717, 1.165) is 25.7 Å². The number of carboxylic acids is 1. The summed E-state index contributed by atoms with van der Waals surface area (Å²) >= 11 is 0. The van der Waals surface area contributed by atoms with Crippen molar-refractivity contribution < 1.29 is 19.4 Å². The fourth-order valence-corrected chi connectivity index (χ4v) is 3.22.